The first-order valence-corrected chi connectivity index (χ1v) is 5.48. The summed E-state index contributed by atoms with van der Waals surface area (Å²) in [6, 6.07) is 7.41. The van der Waals surface area contributed by atoms with E-state index in [2.05, 4.69) is 0 Å². The lowest BCUT2D eigenvalue weighted by Gasteiger charge is -2.25. The molecule has 0 aliphatic rings. The smallest absolute Gasteiger partial charge is 0.333 e. The van der Waals surface area contributed by atoms with Crippen LogP contribution in [0.4, 0.5) is 8.78 Å². The average Bonchev–Trinajstić information content (AvgIpc) is 2.37. The molecule has 0 saturated carbocycles. The number of halogens is 3. The predicted molar refractivity (Wildman–Crippen MR) is 70.4 cm³/mol. The van der Waals surface area contributed by atoms with Crippen molar-refractivity contribution < 1.29 is 18.7 Å². The SMILES string of the molecule is Cl.NCC(=O)C(F)(F)[C@H](O)C(N)Cc1ccccc1. The number of hydrogen-bond acceptors (Lipinski definition) is 4. The molecule has 108 valence electrons. The predicted octanol–water partition coefficient (Wildman–Crippen LogP) is 0.502. The van der Waals surface area contributed by atoms with Crippen LogP contribution < -0.4 is 11.5 Å². The largest absolute Gasteiger partial charge is 0.385 e. The minimum absolute atomic E-state index is 0. The van der Waals surface area contributed by atoms with Gasteiger partial charge in [0.1, 0.15) is 6.10 Å². The summed E-state index contributed by atoms with van der Waals surface area (Å²) in [5.74, 6) is -5.43. The van der Waals surface area contributed by atoms with Gasteiger partial charge in [-0.25, -0.2) is 0 Å². The molecule has 0 bridgehead atoms. The summed E-state index contributed by atoms with van der Waals surface area (Å²) in [6.07, 6.45) is -2.19. The van der Waals surface area contributed by atoms with Gasteiger partial charge in [0.15, 0.2) is 0 Å². The lowest BCUT2D eigenvalue weighted by atomic mass is 9.96. The molecule has 0 aliphatic carbocycles. The fourth-order valence-corrected chi connectivity index (χ4v) is 1.57. The van der Waals surface area contributed by atoms with Crippen LogP contribution in [0.3, 0.4) is 0 Å². The molecule has 19 heavy (non-hydrogen) atoms. The number of rotatable bonds is 6. The third-order valence-corrected chi connectivity index (χ3v) is 2.65. The van der Waals surface area contributed by atoms with Crippen molar-refractivity contribution in [3.05, 3.63) is 35.9 Å². The Labute approximate surface area is 116 Å². The Balaban J connectivity index is 0.00000324. The molecule has 0 spiro atoms. The summed E-state index contributed by atoms with van der Waals surface area (Å²) in [5, 5.41) is 9.46. The number of carbonyl (C=O) groups is 1. The van der Waals surface area contributed by atoms with Crippen LogP contribution in [-0.4, -0.2) is 35.5 Å². The number of aliphatic hydroxyl groups excluding tert-OH is 1. The Morgan fingerprint density at radius 2 is 1.84 bits per heavy atom. The first-order chi connectivity index (χ1) is 8.39. The molecule has 0 aromatic heterocycles. The number of Topliss-reactive ketones (excluding diaryl/α,β-unsaturated/α-hetero) is 1. The van der Waals surface area contributed by atoms with Crippen LogP contribution in [0.25, 0.3) is 0 Å². The lowest BCUT2D eigenvalue weighted by Crippen LogP contribution is -2.54. The average molecular weight is 295 g/mol. The van der Waals surface area contributed by atoms with Crippen LogP contribution in [0.15, 0.2) is 30.3 Å². The van der Waals surface area contributed by atoms with E-state index >= 15 is 0 Å². The maximum atomic E-state index is 13.4. The first kappa shape index (κ1) is 17.9. The quantitative estimate of drug-likeness (QED) is 0.713. The number of hydrogen-bond donors (Lipinski definition) is 3. The van der Waals surface area contributed by atoms with Gasteiger partial charge in [-0.15, -0.1) is 12.4 Å². The second-order valence-corrected chi connectivity index (χ2v) is 4.05. The Hall–Kier alpha value is -1.08. The first-order valence-electron chi connectivity index (χ1n) is 5.48. The van der Waals surface area contributed by atoms with Crippen LogP contribution in [0.5, 0.6) is 0 Å². The van der Waals surface area contributed by atoms with Gasteiger partial charge in [-0.2, -0.15) is 8.78 Å². The minimum Gasteiger partial charge on any atom is -0.385 e. The van der Waals surface area contributed by atoms with Crippen molar-refractivity contribution in [3.8, 4) is 0 Å². The summed E-state index contributed by atoms with van der Waals surface area (Å²) in [7, 11) is 0. The van der Waals surface area contributed by atoms with Crippen LogP contribution in [-0.2, 0) is 11.2 Å². The van der Waals surface area contributed by atoms with Crippen molar-refractivity contribution in [1.82, 2.24) is 0 Å². The molecule has 4 nitrogen and oxygen atoms in total. The van der Waals surface area contributed by atoms with E-state index in [4.69, 9.17) is 11.5 Å². The second-order valence-electron chi connectivity index (χ2n) is 4.05. The van der Waals surface area contributed by atoms with Gasteiger partial charge in [-0.1, -0.05) is 30.3 Å². The van der Waals surface area contributed by atoms with Crippen molar-refractivity contribution in [3.63, 3.8) is 0 Å². The van der Waals surface area contributed by atoms with E-state index in [1.807, 2.05) is 0 Å². The molecule has 0 aliphatic heterocycles. The van der Waals surface area contributed by atoms with Gasteiger partial charge in [0.05, 0.1) is 6.54 Å². The Morgan fingerprint density at radius 3 is 2.32 bits per heavy atom. The van der Waals surface area contributed by atoms with E-state index in [-0.39, 0.29) is 18.8 Å². The standard InChI is InChI=1S/C12H16F2N2O2.ClH/c13-12(14,10(17)7-15)11(18)9(16)6-8-4-2-1-3-5-8;/h1-5,9,11,18H,6-7,15-16H2;1H/t9?,11-;/m1./s1. The molecule has 1 aromatic carbocycles. The highest BCUT2D eigenvalue weighted by atomic mass is 35.5. The van der Waals surface area contributed by atoms with Crippen molar-refractivity contribution in [2.24, 2.45) is 11.5 Å². The fraction of sp³-hybridized carbons (Fsp3) is 0.417. The third-order valence-electron chi connectivity index (χ3n) is 2.65. The molecule has 1 unspecified atom stereocenters. The lowest BCUT2D eigenvalue weighted by molar-refractivity contribution is -0.161. The van der Waals surface area contributed by atoms with Crippen LogP contribution in [0.1, 0.15) is 5.56 Å². The summed E-state index contributed by atoms with van der Waals surface area (Å²) < 4.78 is 26.8. The number of ketones is 1. The molecule has 0 amide bonds. The van der Waals surface area contributed by atoms with Gasteiger partial charge >= 0.3 is 5.92 Å². The number of alkyl halides is 2. The van der Waals surface area contributed by atoms with E-state index in [0.29, 0.717) is 5.56 Å². The zero-order chi connectivity index (χ0) is 13.8. The Morgan fingerprint density at radius 1 is 1.32 bits per heavy atom. The monoisotopic (exact) mass is 294 g/mol. The van der Waals surface area contributed by atoms with Crippen molar-refractivity contribution in [2.45, 2.75) is 24.5 Å². The van der Waals surface area contributed by atoms with E-state index in [1.165, 1.54) is 0 Å². The summed E-state index contributed by atoms with van der Waals surface area (Å²) in [5.41, 5.74) is 11.1. The highest BCUT2D eigenvalue weighted by molar-refractivity contribution is 5.88. The molecular weight excluding hydrogens is 278 g/mol. The van der Waals surface area contributed by atoms with Crippen LogP contribution >= 0.6 is 12.4 Å². The van der Waals surface area contributed by atoms with Crippen LogP contribution in [0, 0.1) is 0 Å². The zero-order valence-electron chi connectivity index (χ0n) is 10.1. The number of benzene rings is 1. The Kier molecular flexibility index (Phi) is 7.07. The minimum atomic E-state index is -3.91. The van der Waals surface area contributed by atoms with Gasteiger partial charge in [-0.05, 0) is 12.0 Å². The molecule has 2 atom stereocenters. The van der Waals surface area contributed by atoms with Crippen molar-refractivity contribution in [2.75, 3.05) is 6.54 Å². The van der Waals surface area contributed by atoms with Crippen LogP contribution in [0.2, 0.25) is 0 Å². The highest BCUT2D eigenvalue weighted by Gasteiger charge is 2.47. The van der Waals surface area contributed by atoms with Gasteiger partial charge in [0.2, 0.25) is 5.78 Å². The van der Waals surface area contributed by atoms with E-state index in [9.17, 15) is 18.7 Å². The molecule has 0 radical (unpaired) electrons. The molecule has 1 rings (SSSR count). The molecule has 0 heterocycles. The van der Waals surface area contributed by atoms with Gasteiger partial charge in [0, 0.05) is 6.04 Å². The summed E-state index contributed by atoms with van der Waals surface area (Å²) in [4.78, 5) is 10.9. The number of nitrogens with two attached hydrogens (primary N) is 2. The fourth-order valence-electron chi connectivity index (χ4n) is 1.57. The topological polar surface area (TPSA) is 89.3 Å². The van der Waals surface area contributed by atoms with Gasteiger partial charge in [0.25, 0.3) is 0 Å². The summed E-state index contributed by atoms with van der Waals surface area (Å²) in [6.45, 7) is -0.831. The van der Waals surface area contributed by atoms with Crippen molar-refractivity contribution >= 4 is 18.2 Å². The highest BCUT2D eigenvalue weighted by Crippen LogP contribution is 2.22. The maximum absolute atomic E-state index is 13.4. The number of carbonyl (C=O) groups excluding carboxylic acids is 1. The maximum Gasteiger partial charge on any atom is 0.333 e. The normalized spacial score (nSPS) is 14.4. The van der Waals surface area contributed by atoms with Gasteiger partial charge in [-0.3, -0.25) is 4.79 Å². The molecule has 1 aromatic rings. The summed E-state index contributed by atoms with van der Waals surface area (Å²) >= 11 is 0. The molecule has 5 N–H and O–H groups in total. The molecule has 0 fully saturated rings. The molecule has 0 saturated heterocycles. The third kappa shape index (κ3) is 4.50. The number of aliphatic hydroxyl groups is 1. The van der Waals surface area contributed by atoms with E-state index < -0.39 is 30.4 Å². The zero-order valence-corrected chi connectivity index (χ0v) is 10.9. The Bertz CT molecular complexity index is 404. The van der Waals surface area contributed by atoms with Gasteiger partial charge < -0.3 is 16.6 Å². The van der Waals surface area contributed by atoms with E-state index in [1.54, 1.807) is 30.3 Å². The van der Waals surface area contributed by atoms with Crippen molar-refractivity contribution in [1.29, 1.82) is 0 Å². The second kappa shape index (κ2) is 7.49. The van der Waals surface area contributed by atoms with E-state index in [0.717, 1.165) is 0 Å². The molecular formula is C12H17ClF2N2O2. The molecule has 7 heteroatoms.